The summed E-state index contributed by atoms with van der Waals surface area (Å²) in [4.78, 5) is 16.9. The van der Waals surface area contributed by atoms with Crippen LogP contribution in [0.25, 0.3) is 33.8 Å². The quantitative estimate of drug-likeness (QED) is 0.492. The third-order valence-corrected chi connectivity index (χ3v) is 5.54. The average Bonchev–Trinajstić information content (AvgIpc) is 3.36. The normalized spacial score (nSPS) is 18.0. The molecule has 1 fully saturated rings. The number of hydrogen-bond donors (Lipinski definition) is 1. The first kappa shape index (κ1) is 19.8. The maximum absolute atomic E-state index is 14.3. The molecule has 1 N–H and O–H groups in total. The Bertz CT molecular complexity index is 1250. The third kappa shape index (κ3) is 3.71. The van der Waals surface area contributed by atoms with Crippen LogP contribution in [0.4, 0.5) is 4.39 Å². The second-order valence-electron chi connectivity index (χ2n) is 8.09. The molecule has 6 nitrogen and oxygen atoms in total. The van der Waals surface area contributed by atoms with Crippen molar-refractivity contribution >= 4 is 11.2 Å². The molecule has 0 aliphatic carbocycles. The first-order chi connectivity index (χ1) is 14.9. The van der Waals surface area contributed by atoms with Gasteiger partial charge in [0.15, 0.2) is 17.3 Å². The SMILES string of the molecule is CCc1ccc(-c2ccnc3[nH]c(-c4ccc(C5COC(C)(C)O5)cn4)nc23)cc1F. The fraction of sp³-hybridized carbons (Fsp3) is 0.292. The number of aryl methyl sites for hydroxylation is 1. The molecule has 1 unspecified atom stereocenters. The Kier molecular flexibility index (Phi) is 4.79. The molecule has 0 saturated carbocycles. The van der Waals surface area contributed by atoms with E-state index in [1.165, 1.54) is 0 Å². The standard InChI is InChI=1S/C24H23FN4O2/c1-4-14-5-6-15(11-18(14)25)17-9-10-26-23-21(17)28-22(29-23)19-8-7-16(12-27-19)20-13-30-24(2,3)31-20/h5-12,20H,4,13H2,1-3H3,(H,26,28,29). The van der Waals surface area contributed by atoms with Crippen LogP contribution in [0.15, 0.2) is 48.8 Å². The van der Waals surface area contributed by atoms with Crippen molar-refractivity contribution in [2.45, 2.75) is 39.1 Å². The number of halogens is 1. The number of pyridine rings is 2. The van der Waals surface area contributed by atoms with Crippen LogP contribution in [0.5, 0.6) is 0 Å². The Morgan fingerprint density at radius 1 is 1.16 bits per heavy atom. The molecule has 0 amide bonds. The Morgan fingerprint density at radius 2 is 2.03 bits per heavy atom. The maximum Gasteiger partial charge on any atom is 0.163 e. The molecule has 1 aliphatic heterocycles. The molecule has 0 spiro atoms. The van der Waals surface area contributed by atoms with E-state index < -0.39 is 5.79 Å². The highest BCUT2D eigenvalue weighted by molar-refractivity contribution is 5.91. The average molecular weight is 418 g/mol. The van der Waals surface area contributed by atoms with Gasteiger partial charge in [-0.15, -0.1) is 0 Å². The number of fused-ring (bicyclic) bond motifs is 1. The van der Waals surface area contributed by atoms with Crippen molar-refractivity contribution in [3.63, 3.8) is 0 Å². The molecule has 4 aromatic rings. The Morgan fingerprint density at radius 3 is 2.71 bits per heavy atom. The van der Waals surface area contributed by atoms with Crippen LogP contribution in [0.2, 0.25) is 0 Å². The number of aromatic amines is 1. The van der Waals surface area contributed by atoms with E-state index in [2.05, 4.69) is 15.0 Å². The molecule has 158 valence electrons. The highest BCUT2D eigenvalue weighted by atomic mass is 19.1. The minimum absolute atomic E-state index is 0.138. The van der Waals surface area contributed by atoms with Crippen LogP contribution < -0.4 is 0 Å². The summed E-state index contributed by atoms with van der Waals surface area (Å²) in [5.41, 5.74) is 5.25. The largest absolute Gasteiger partial charge is 0.347 e. The van der Waals surface area contributed by atoms with Gasteiger partial charge in [-0.2, -0.15) is 0 Å². The van der Waals surface area contributed by atoms with Crippen molar-refractivity contribution in [2.24, 2.45) is 0 Å². The van der Waals surface area contributed by atoms with Gasteiger partial charge in [-0.1, -0.05) is 25.1 Å². The molecule has 3 aromatic heterocycles. The second kappa shape index (κ2) is 7.51. The number of benzene rings is 1. The number of nitrogens with zero attached hydrogens (tertiary/aromatic N) is 3. The molecule has 1 atom stereocenters. The predicted octanol–water partition coefficient (Wildman–Crippen LogP) is 5.21. The molecule has 0 radical (unpaired) electrons. The van der Waals surface area contributed by atoms with Gasteiger partial charge in [0.2, 0.25) is 0 Å². The first-order valence-corrected chi connectivity index (χ1v) is 10.3. The summed E-state index contributed by atoms with van der Waals surface area (Å²) in [6, 6.07) is 11.0. The Hall–Kier alpha value is -3.16. The number of H-pyrrole nitrogens is 1. The lowest BCUT2D eigenvalue weighted by Gasteiger charge is -2.17. The molecule has 1 saturated heterocycles. The Labute approximate surface area is 179 Å². The maximum atomic E-state index is 14.3. The summed E-state index contributed by atoms with van der Waals surface area (Å²) in [5, 5.41) is 0. The minimum Gasteiger partial charge on any atom is -0.347 e. The van der Waals surface area contributed by atoms with Crippen molar-refractivity contribution in [1.29, 1.82) is 0 Å². The van der Waals surface area contributed by atoms with Gasteiger partial charge >= 0.3 is 0 Å². The van der Waals surface area contributed by atoms with Crippen LogP contribution >= 0.6 is 0 Å². The molecule has 31 heavy (non-hydrogen) atoms. The van der Waals surface area contributed by atoms with Crippen molar-refractivity contribution < 1.29 is 13.9 Å². The van der Waals surface area contributed by atoms with E-state index in [1.807, 2.05) is 51.1 Å². The molecule has 4 heterocycles. The smallest absolute Gasteiger partial charge is 0.163 e. The minimum atomic E-state index is -0.584. The highest BCUT2D eigenvalue weighted by Gasteiger charge is 2.33. The van der Waals surface area contributed by atoms with Crippen molar-refractivity contribution in [2.75, 3.05) is 6.61 Å². The zero-order valence-electron chi connectivity index (χ0n) is 17.6. The van der Waals surface area contributed by atoms with Crippen LogP contribution in [-0.2, 0) is 15.9 Å². The summed E-state index contributed by atoms with van der Waals surface area (Å²) in [6.07, 6.45) is 4.00. The van der Waals surface area contributed by atoms with E-state index in [0.29, 0.717) is 41.3 Å². The monoisotopic (exact) mass is 418 g/mol. The zero-order valence-corrected chi connectivity index (χ0v) is 17.6. The number of imidazole rings is 1. The van der Waals surface area contributed by atoms with Crippen LogP contribution in [0.3, 0.4) is 0 Å². The van der Waals surface area contributed by atoms with Gasteiger partial charge < -0.3 is 14.5 Å². The van der Waals surface area contributed by atoms with Gasteiger partial charge in [-0.25, -0.2) is 14.4 Å². The summed E-state index contributed by atoms with van der Waals surface area (Å²) in [6.45, 7) is 6.23. The number of ether oxygens (including phenoxy) is 2. The summed E-state index contributed by atoms with van der Waals surface area (Å²) < 4.78 is 25.9. The van der Waals surface area contributed by atoms with Crippen LogP contribution in [-0.4, -0.2) is 32.3 Å². The van der Waals surface area contributed by atoms with E-state index in [-0.39, 0.29) is 11.9 Å². The topological polar surface area (TPSA) is 72.9 Å². The van der Waals surface area contributed by atoms with E-state index >= 15 is 0 Å². The molecule has 1 aromatic carbocycles. The molecule has 5 rings (SSSR count). The van der Waals surface area contributed by atoms with Crippen LogP contribution in [0.1, 0.15) is 38.0 Å². The van der Waals surface area contributed by atoms with Crippen molar-refractivity contribution in [1.82, 2.24) is 19.9 Å². The summed E-state index contributed by atoms with van der Waals surface area (Å²) in [7, 11) is 0. The van der Waals surface area contributed by atoms with Gasteiger partial charge in [0.1, 0.15) is 23.1 Å². The molecule has 0 bridgehead atoms. The van der Waals surface area contributed by atoms with Gasteiger partial charge in [-0.3, -0.25) is 4.98 Å². The third-order valence-electron chi connectivity index (χ3n) is 5.54. The lowest BCUT2D eigenvalue weighted by molar-refractivity contribution is -0.139. The predicted molar refractivity (Wildman–Crippen MR) is 116 cm³/mol. The fourth-order valence-electron chi connectivity index (χ4n) is 3.85. The van der Waals surface area contributed by atoms with Gasteiger partial charge in [-0.05, 0) is 49.6 Å². The molecular formula is C24H23FN4O2. The number of aromatic nitrogens is 4. The molecule has 1 aliphatic rings. The second-order valence-corrected chi connectivity index (χ2v) is 8.09. The van der Waals surface area contributed by atoms with Crippen LogP contribution in [0, 0.1) is 5.82 Å². The number of rotatable bonds is 4. The van der Waals surface area contributed by atoms with E-state index in [1.54, 1.807) is 18.5 Å². The fourth-order valence-corrected chi connectivity index (χ4v) is 3.85. The molecule has 7 heteroatoms. The summed E-state index contributed by atoms with van der Waals surface area (Å²) >= 11 is 0. The first-order valence-electron chi connectivity index (χ1n) is 10.3. The zero-order chi connectivity index (χ0) is 21.6. The Balaban J connectivity index is 1.48. The van der Waals surface area contributed by atoms with E-state index in [0.717, 1.165) is 16.7 Å². The number of hydrogen-bond acceptors (Lipinski definition) is 5. The molecular weight excluding hydrogens is 395 g/mol. The van der Waals surface area contributed by atoms with E-state index in [9.17, 15) is 4.39 Å². The number of nitrogens with one attached hydrogen (secondary N) is 1. The van der Waals surface area contributed by atoms with Gasteiger partial charge in [0.25, 0.3) is 0 Å². The lowest BCUT2D eigenvalue weighted by atomic mass is 10.0. The van der Waals surface area contributed by atoms with Gasteiger partial charge in [0.05, 0.1) is 6.61 Å². The van der Waals surface area contributed by atoms with Crippen molar-refractivity contribution in [3.8, 4) is 22.6 Å². The lowest BCUT2D eigenvalue weighted by Crippen LogP contribution is -2.19. The highest BCUT2D eigenvalue weighted by Crippen LogP contribution is 2.33. The van der Waals surface area contributed by atoms with E-state index in [4.69, 9.17) is 14.5 Å². The van der Waals surface area contributed by atoms with Crippen molar-refractivity contribution in [3.05, 3.63) is 65.7 Å². The van der Waals surface area contributed by atoms with Gasteiger partial charge in [0, 0.05) is 23.5 Å². The summed E-state index contributed by atoms with van der Waals surface area (Å²) in [5.74, 6) is -0.186.